The minimum absolute atomic E-state index is 0.496. The summed E-state index contributed by atoms with van der Waals surface area (Å²) in [4.78, 5) is 0. The summed E-state index contributed by atoms with van der Waals surface area (Å²) in [6, 6.07) is 15.2. The van der Waals surface area contributed by atoms with Gasteiger partial charge in [0.2, 0.25) is 0 Å². The molecule has 2 heterocycles. The molecule has 1 fully saturated rings. The van der Waals surface area contributed by atoms with Crippen molar-refractivity contribution >= 4 is 10.8 Å². The van der Waals surface area contributed by atoms with Crippen molar-refractivity contribution in [3.63, 3.8) is 0 Å². The van der Waals surface area contributed by atoms with Crippen molar-refractivity contribution in [2.75, 3.05) is 0 Å². The Labute approximate surface area is 151 Å². The number of nitrogens with zero attached hydrogens (tertiary/aromatic N) is 4. The number of rotatable bonds is 5. The highest BCUT2D eigenvalue weighted by atomic mass is 16.5. The Morgan fingerprint density at radius 3 is 2.81 bits per heavy atom. The van der Waals surface area contributed by atoms with Crippen molar-refractivity contribution in [3.05, 3.63) is 66.7 Å². The lowest BCUT2D eigenvalue weighted by Crippen LogP contribution is -2.03. The highest BCUT2D eigenvalue weighted by Crippen LogP contribution is 2.37. The molecule has 0 amide bonds. The predicted molar refractivity (Wildman–Crippen MR) is 101 cm³/mol. The number of hydrogen-bond donors (Lipinski definition) is 0. The molecule has 1 aliphatic carbocycles. The zero-order chi connectivity index (χ0) is 17.5. The fourth-order valence-corrected chi connectivity index (χ4v) is 3.32. The predicted octanol–water partition coefficient (Wildman–Crippen LogP) is 4.35. The molecule has 4 aromatic rings. The van der Waals surface area contributed by atoms with Gasteiger partial charge in [0, 0.05) is 25.0 Å². The fourth-order valence-electron chi connectivity index (χ4n) is 3.32. The van der Waals surface area contributed by atoms with Gasteiger partial charge < -0.3 is 4.74 Å². The summed E-state index contributed by atoms with van der Waals surface area (Å²) < 4.78 is 10.0. The molecule has 5 heteroatoms. The standard InChI is InChI=1S/C21H20N4O/c1-24-18(8-9-22-24)14-26-19-10-15-4-2-3-5-20(15)21(11-19)16-12-23-25(13-16)17-6-7-17/h2-5,8-13,17H,6-7,14H2,1H3. The molecule has 5 nitrogen and oxygen atoms in total. The molecule has 26 heavy (non-hydrogen) atoms. The van der Waals surface area contributed by atoms with Crippen LogP contribution in [0, 0.1) is 0 Å². The maximum Gasteiger partial charge on any atom is 0.130 e. The van der Waals surface area contributed by atoms with Crippen LogP contribution in [0.3, 0.4) is 0 Å². The van der Waals surface area contributed by atoms with E-state index in [2.05, 4.69) is 57.5 Å². The number of aromatic nitrogens is 4. The van der Waals surface area contributed by atoms with Gasteiger partial charge in [0.05, 0.1) is 17.9 Å². The number of benzene rings is 2. The Bertz CT molecular complexity index is 1070. The topological polar surface area (TPSA) is 44.9 Å². The van der Waals surface area contributed by atoms with Gasteiger partial charge in [0.15, 0.2) is 0 Å². The summed E-state index contributed by atoms with van der Waals surface area (Å²) >= 11 is 0. The second-order valence-electron chi connectivity index (χ2n) is 6.87. The lowest BCUT2D eigenvalue weighted by molar-refractivity contribution is 0.295. The highest BCUT2D eigenvalue weighted by Gasteiger charge is 2.24. The first-order valence-electron chi connectivity index (χ1n) is 8.95. The van der Waals surface area contributed by atoms with Crippen LogP contribution in [0.5, 0.6) is 5.75 Å². The maximum absolute atomic E-state index is 6.08. The van der Waals surface area contributed by atoms with E-state index < -0.39 is 0 Å². The zero-order valence-corrected chi connectivity index (χ0v) is 14.7. The van der Waals surface area contributed by atoms with E-state index in [1.807, 2.05) is 24.0 Å². The Kier molecular flexibility index (Phi) is 3.52. The molecule has 0 aliphatic heterocycles. The zero-order valence-electron chi connectivity index (χ0n) is 14.7. The van der Waals surface area contributed by atoms with E-state index >= 15 is 0 Å². The smallest absolute Gasteiger partial charge is 0.130 e. The fraction of sp³-hybridized carbons (Fsp3) is 0.238. The van der Waals surface area contributed by atoms with Crippen LogP contribution in [0.4, 0.5) is 0 Å². The molecule has 1 saturated carbocycles. The summed E-state index contributed by atoms with van der Waals surface area (Å²) in [6.45, 7) is 0.496. The average molecular weight is 344 g/mol. The first kappa shape index (κ1) is 15.2. The van der Waals surface area contributed by atoms with Gasteiger partial charge in [-0.15, -0.1) is 0 Å². The average Bonchev–Trinajstić information content (AvgIpc) is 3.25. The van der Waals surface area contributed by atoms with Crippen LogP contribution in [0.15, 0.2) is 61.1 Å². The normalized spacial score (nSPS) is 14.0. The lowest BCUT2D eigenvalue weighted by atomic mass is 10.00. The molecule has 0 atom stereocenters. The summed E-state index contributed by atoms with van der Waals surface area (Å²) in [6.07, 6.45) is 8.37. The van der Waals surface area contributed by atoms with E-state index in [0.29, 0.717) is 12.6 Å². The number of aryl methyl sites for hydroxylation is 1. The van der Waals surface area contributed by atoms with E-state index in [-0.39, 0.29) is 0 Å². The molecule has 5 rings (SSSR count). The van der Waals surface area contributed by atoms with E-state index in [9.17, 15) is 0 Å². The number of fused-ring (bicyclic) bond motifs is 1. The minimum Gasteiger partial charge on any atom is -0.487 e. The molecule has 1 aliphatic rings. The Hall–Kier alpha value is -3.08. The maximum atomic E-state index is 6.08. The summed E-state index contributed by atoms with van der Waals surface area (Å²) in [5.41, 5.74) is 3.34. The molecule has 0 radical (unpaired) electrons. The minimum atomic E-state index is 0.496. The Balaban J connectivity index is 1.53. The van der Waals surface area contributed by atoms with Crippen LogP contribution >= 0.6 is 0 Å². The second-order valence-corrected chi connectivity index (χ2v) is 6.87. The van der Waals surface area contributed by atoms with Crippen molar-refractivity contribution in [3.8, 4) is 16.9 Å². The largest absolute Gasteiger partial charge is 0.487 e. The summed E-state index contributed by atoms with van der Waals surface area (Å²) in [7, 11) is 1.93. The van der Waals surface area contributed by atoms with Gasteiger partial charge in [0.1, 0.15) is 12.4 Å². The number of hydrogen-bond acceptors (Lipinski definition) is 3. The third-order valence-corrected chi connectivity index (χ3v) is 4.98. The molecule has 0 unspecified atom stereocenters. The Morgan fingerprint density at radius 2 is 2.00 bits per heavy atom. The molecule has 0 spiro atoms. The monoisotopic (exact) mass is 344 g/mol. The van der Waals surface area contributed by atoms with E-state index in [1.54, 1.807) is 6.20 Å². The molecular formula is C21H20N4O. The quantitative estimate of drug-likeness (QED) is 0.541. The molecule has 0 bridgehead atoms. The van der Waals surface area contributed by atoms with E-state index in [4.69, 9.17) is 4.74 Å². The summed E-state index contributed by atoms with van der Waals surface area (Å²) in [5, 5.41) is 11.1. The van der Waals surface area contributed by atoms with Gasteiger partial charge in [-0.05, 0) is 47.4 Å². The Morgan fingerprint density at radius 1 is 1.12 bits per heavy atom. The van der Waals surface area contributed by atoms with Gasteiger partial charge in [-0.25, -0.2) is 0 Å². The van der Waals surface area contributed by atoms with Gasteiger partial charge in [0.25, 0.3) is 0 Å². The van der Waals surface area contributed by atoms with Crippen molar-refractivity contribution in [1.82, 2.24) is 19.6 Å². The van der Waals surface area contributed by atoms with Crippen LogP contribution < -0.4 is 4.74 Å². The van der Waals surface area contributed by atoms with Crippen molar-refractivity contribution in [1.29, 1.82) is 0 Å². The molecule has 2 aromatic carbocycles. The van der Waals surface area contributed by atoms with E-state index in [0.717, 1.165) is 22.6 Å². The van der Waals surface area contributed by atoms with Crippen LogP contribution in [-0.2, 0) is 13.7 Å². The van der Waals surface area contributed by atoms with Crippen molar-refractivity contribution in [2.45, 2.75) is 25.5 Å². The summed E-state index contributed by atoms with van der Waals surface area (Å²) in [5.74, 6) is 0.860. The van der Waals surface area contributed by atoms with Gasteiger partial charge in [-0.1, -0.05) is 24.3 Å². The third-order valence-electron chi connectivity index (χ3n) is 4.98. The third kappa shape index (κ3) is 2.75. The molecule has 0 N–H and O–H groups in total. The van der Waals surface area contributed by atoms with Gasteiger partial charge in [-0.3, -0.25) is 9.36 Å². The lowest BCUT2D eigenvalue weighted by Gasteiger charge is -2.11. The number of ether oxygens (including phenoxy) is 1. The van der Waals surface area contributed by atoms with Crippen molar-refractivity contribution in [2.24, 2.45) is 7.05 Å². The highest BCUT2D eigenvalue weighted by molar-refractivity contribution is 5.97. The SMILES string of the molecule is Cn1nccc1COc1cc(-c2cnn(C3CC3)c2)c2ccccc2c1. The first-order valence-corrected chi connectivity index (χ1v) is 8.95. The van der Waals surface area contributed by atoms with E-state index in [1.165, 1.54) is 23.6 Å². The van der Waals surface area contributed by atoms with Crippen LogP contribution in [-0.4, -0.2) is 19.6 Å². The molecule has 130 valence electrons. The van der Waals surface area contributed by atoms with Gasteiger partial charge in [-0.2, -0.15) is 10.2 Å². The molecule has 2 aromatic heterocycles. The van der Waals surface area contributed by atoms with Crippen LogP contribution in [0.1, 0.15) is 24.6 Å². The second kappa shape index (κ2) is 6.02. The molecule has 0 saturated heterocycles. The van der Waals surface area contributed by atoms with Crippen LogP contribution in [0.25, 0.3) is 21.9 Å². The molecular weight excluding hydrogens is 324 g/mol. The van der Waals surface area contributed by atoms with Crippen LogP contribution in [0.2, 0.25) is 0 Å². The first-order chi connectivity index (χ1) is 12.8. The van der Waals surface area contributed by atoms with Gasteiger partial charge >= 0.3 is 0 Å². The van der Waals surface area contributed by atoms with Crippen molar-refractivity contribution < 1.29 is 4.74 Å².